The van der Waals surface area contributed by atoms with Crippen LogP contribution in [-0.4, -0.2) is 47.4 Å². The maximum atomic E-state index is 13.2. The van der Waals surface area contributed by atoms with Crippen LogP contribution >= 0.6 is 11.3 Å². The summed E-state index contributed by atoms with van der Waals surface area (Å²) in [7, 11) is 1.80. The molecule has 3 rings (SSSR count). The lowest BCUT2D eigenvalue weighted by molar-refractivity contribution is -0.142. The second-order valence-corrected chi connectivity index (χ2v) is 10.3. The summed E-state index contributed by atoms with van der Waals surface area (Å²) >= 11 is 1.63. The molecule has 0 saturated carbocycles. The Kier molecular flexibility index (Phi) is 7.17. The number of hydrogen-bond acceptors (Lipinski definition) is 5. The van der Waals surface area contributed by atoms with Gasteiger partial charge in [0, 0.05) is 6.54 Å². The fourth-order valence-corrected chi connectivity index (χ4v) is 5.10. The fourth-order valence-electron chi connectivity index (χ4n) is 4.29. The zero-order valence-corrected chi connectivity index (χ0v) is 20.2. The molecule has 2 N–H and O–H groups in total. The minimum absolute atomic E-state index is 0.00424. The normalized spacial score (nSPS) is 18.6. The molecule has 3 atom stereocenters. The maximum absolute atomic E-state index is 13.2. The van der Waals surface area contributed by atoms with E-state index in [2.05, 4.69) is 27.8 Å². The molecule has 0 aliphatic carbocycles. The van der Waals surface area contributed by atoms with Crippen LogP contribution in [0.4, 0.5) is 0 Å². The first-order valence-corrected chi connectivity index (χ1v) is 11.8. The monoisotopic (exact) mass is 442 g/mol. The lowest BCUT2D eigenvalue weighted by Crippen LogP contribution is -2.55. The van der Waals surface area contributed by atoms with Crippen LogP contribution in [0, 0.1) is 12.3 Å². The predicted molar refractivity (Wildman–Crippen MR) is 126 cm³/mol. The van der Waals surface area contributed by atoms with Gasteiger partial charge in [0.2, 0.25) is 11.8 Å². The van der Waals surface area contributed by atoms with Crippen molar-refractivity contribution in [3.63, 3.8) is 0 Å². The topological polar surface area (TPSA) is 74.3 Å². The molecule has 7 heteroatoms. The molecule has 31 heavy (non-hydrogen) atoms. The van der Waals surface area contributed by atoms with Gasteiger partial charge >= 0.3 is 0 Å². The van der Waals surface area contributed by atoms with E-state index < -0.39 is 6.04 Å². The van der Waals surface area contributed by atoms with Gasteiger partial charge in [0.15, 0.2) is 0 Å². The number of nitrogens with one attached hydrogen (secondary N) is 2. The van der Waals surface area contributed by atoms with E-state index in [-0.39, 0.29) is 29.3 Å². The molecule has 1 aliphatic rings. The zero-order valence-electron chi connectivity index (χ0n) is 19.4. The number of likely N-dealkylation sites (tertiary alicyclic amines) is 1. The first kappa shape index (κ1) is 23.4. The summed E-state index contributed by atoms with van der Waals surface area (Å²) in [6.07, 6.45) is 1.55. The van der Waals surface area contributed by atoms with Crippen molar-refractivity contribution in [3.05, 3.63) is 41.0 Å². The first-order valence-electron chi connectivity index (χ1n) is 10.9. The highest BCUT2D eigenvalue weighted by atomic mass is 32.1. The number of benzene rings is 1. The summed E-state index contributed by atoms with van der Waals surface area (Å²) in [5.41, 5.74) is 4.84. The average Bonchev–Trinajstić information content (AvgIpc) is 3.36. The third kappa shape index (κ3) is 5.15. The second kappa shape index (κ2) is 9.49. The lowest BCUT2D eigenvalue weighted by atomic mass is 9.86. The van der Waals surface area contributed by atoms with Gasteiger partial charge in [-0.3, -0.25) is 9.59 Å². The van der Waals surface area contributed by atoms with Gasteiger partial charge in [0.05, 0.1) is 28.2 Å². The SMILES string of the molecule is CNC(C(=O)N1CCC[C@H]1C(=O)NC(C)c1ccc(-c2scnc2C)cc1)C(C)(C)C. The number of aromatic nitrogens is 1. The number of aryl methyl sites for hydroxylation is 1. The minimum atomic E-state index is -0.410. The Morgan fingerprint density at radius 1 is 1.23 bits per heavy atom. The predicted octanol–water partition coefficient (Wildman–Crippen LogP) is 3.92. The molecule has 168 valence electrons. The Hall–Kier alpha value is -2.25. The molecule has 1 aromatic carbocycles. The number of hydrogen-bond donors (Lipinski definition) is 2. The zero-order chi connectivity index (χ0) is 22.8. The van der Waals surface area contributed by atoms with Gasteiger partial charge < -0.3 is 15.5 Å². The van der Waals surface area contributed by atoms with E-state index in [1.165, 1.54) is 4.88 Å². The van der Waals surface area contributed by atoms with Crippen molar-refractivity contribution in [3.8, 4) is 10.4 Å². The van der Waals surface area contributed by atoms with Gasteiger partial charge in [0.25, 0.3) is 0 Å². The van der Waals surface area contributed by atoms with Crippen molar-refractivity contribution < 1.29 is 9.59 Å². The second-order valence-electron chi connectivity index (χ2n) is 9.40. The number of rotatable bonds is 6. The molecular weight excluding hydrogens is 408 g/mol. The summed E-state index contributed by atoms with van der Waals surface area (Å²) < 4.78 is 0. The molecule has 0 radical (unpaired) electrons. The Morgan fingerprint density at radius 2 is 1.90 bits per heavy atom. The van der Waals surface area contributed by atoms with Crippen molar-refractivity contribution in [2.45, 2.75) is 65.6 Å². The molecular formula is C24H34N4O2S. The first-order chi connectivity index (χ1) is 14.6. The molecule has 0 bridgehead atoms. The summed E-state index contributed by atoms with van der Waals surface area (Å²) in [6.45, 7) is 10.7. The van der Waals surface area contributed by atoms with Crippen LogP contribution in [-0.2, 0) is 9.59 Å². The molecule has 6 nitrogen and oxygen atoms in total. The minimum Gasteiger partial charge on any atom is -0.348 e. The van der Waals surface area contributed by atoms with Crippen molar-refractivity contribution in [2.75, 3.05) is 13.6 Å². The summed E-state index contributed by atoms with van der Waals surface area (Å²) in [4.78, 5) is 33.5. The standard InChI is InChI=1S/C24H34N4O2S/c1-15(17-9-11-18(12-10-17)20-16(2)26-14-31-20)27-22(29)19-8-7-13-28(19)23(30)21(25-6)24(3,4)5/h9-12,14-15,19,21,25H,7-8,13H2,1-6H3,(H,27,29)/t15?,19-,21?/m0/s1. The van der Waals surface area contributed by atoms with E-state index in [4.69, 9.17) is 0 Å². The number of carbonyl (C=O) groups is 2. The smallest absolute Gasteiger partial charge is 0.243 e. The number of thiazole rings is 1. The van der Waals surface area contributed by atoms with Crippen molar-refractivity contribution in [1.82, 2.24) is 20.5 Å². The van der Waals surface area contributed by atoms with Crippen LogP contribution in [0.3, 0.4) is 0 Å². The third-order valence-corrected chi connectivity index (χ3v) is 6.99. The Bertz CT molecular complexity index is 916. The van der Waals surface area contributed by atoms with Crippen LogP contribution in [0.15, 0.2) is 29.8 Å². The van der Waals surface area contributed by atoms with E-state index in [1.54, 1.807) is 23.3 Å². The van der Waals surface area contributed by atoms with E-state index in [1.807, 2.05) is 52.3 Å². The van der Waals surface area contributed by atoms with Crippen molar-refractivity contribution >= 4 is 23.2 Å². The van der Waals surface area contributed by atoms with E-state index in [9.17, 15) is 9.59 Å². The maximum Gasteiger partial charge on any atom is 0.243 e. The summed E-state index contributed by atoms with van der Waals surface area (Å²) in [5.74, 6) is -0.0749. The molecule has 1 aromatic heterocycles. The van der Waals surface area contributed by atoms with Crippen LogP contribution in [0.5, 0.6) is 0 Å². The Morgan fingerprint density at radius 3 is 2.45 bits per heavy atom. The highest BCUT2D eigenvalue weighted by Gasteiger charge is 2.40. The molecule has 2 unspecified atom stereocenters. The van der Waals surface area contributed by atoms with Crippen LogP contribution in [0.2, 0.25) is 0 Å². The highest BCUT2D eigenvalue weighted by molar-refractivity contribution is 7.13. The number of carbonyl (C=O) groups excluding carboxylic acids is 2. The third-order valence-electron chi connectivity index (χ3n) is 6.02. The summed E-state index contributed by atoms with van der Waals surface area (Å²) in [6, 6.07) is 7.38. The van der Waals surface area contributed by atoms with Crippen molar-refractivity contribution in [1.29, 1.82) is 0 Å². The van der Waals surface area contributed by atoms with Crippen LogP contribution < -0.4 is 10.6 Å². The molecule has 2 aromatic rings. The molecule has 1 aliphatic heterocycles. The number of amides is 2. The fraction of sp³-hybridized carbons (Fsp3) is 0.542. The Labute approximate surface area is 189 Å². The van der Waals surface area contributed by atoms with E-state index >= 15 is 0 Å². The van der Waals surface area contributed by atoms with Crippen LogP contribution in [0.25, 0.3) is 10.4 Å². The molecule has 1 fully saturated rings. The molecule has 2 amide bonds. The lowest BCUT2D eigenvalue weighted by Gasteiger charge is -2.35. The average molecular weight is 443 g/mol. The van der Waals surface area contributed by atoms with Gasteiger partial charge in [0.1, 0.15) is 6.04 Å². The number of nitrogens with zero attached hydrogens (tertiary/aromatic N) is 2. The van der Waals surface area contributed by atoms with Gasteiger partial charge in [-0.1, -0.05) is 45.0 Å². The molecule has 1 saturated heterocycles. The largest absolute Gasteiger partial charge is 0.348 e. The molecule has 0 spiro atoms. The van der Waals surface area contributed by atoms with E-state index in [0.717, 1.165) is 23.2 Å². The summed E-state index contributed by atoms with van der Waals surface area (Å²) in [5, 5.41) is 6.26. The van der Waals surface area contributed by atoms with Gasteiger partial charge in [-0.15, -0.1) is 11.3 Å². The van der Waals surface area contributed by atoms with Gasteiger partial charge in [-0.25, -0.2) is 4.98 Å². The number of likely N-dealkylation sites (N-methyl/N-ethyl adjacent to an activating group) is 1. The molecule has 2 heterocycles. The quantitative estimate of drug-likeness (QED) is 0.711. The van der Waals surface area contributed by atoms with Gasteiger partial charge in [-0.2, -0.15) is 0 Å². The van der Waals surface area contributed by atoms with Gasteiger partial charge in [-0.05, 0) is 50.3 Å². The highest BCUT2D eigenvalue weighted by Crippen LogP contribution is 2.29. The Balaban J connectivity index is 1.67. The van der Waals surface area contributed by atoms with Crippen molar-refractivity contribution in [2.24, 2.45) is 5.41 Å². The van der Waals surface area contributed by atoms with E-state index in [0.29, 0.717) is 13.0 Å². The van der Waals surface area contributed by atoms with Crippen LogP contribution in [0.1, 0.15) is 57.8 Å².